The lowest BCUT2D eigenvalue weighted by Gasteiger charge is -2.39. The van der Waals surface area contributed by atoms with E-state index in [-0.39, 0.29) is 0 Å². The maximum absolute atomic E-state index is 4.32. The van der Waals surface area contributed by atoms with Crippen molar-refractivity contribution in [1.82, 2.24) is 20.0 Å². The molecule has 4 heteroatoms. The molecule has 2 bridgehead atoms. The maximum atomic E-state index is 4.32. The monoisotopic (exact) mass is 248 g/mol. The van der Waals surface area contributed by atoms with Crippen LogP contribution in [0.15, 0.2) is 12.4 Å². The number of hydrogen-bond donors (Lipinski definition) is 1. The Bertz CT molecular complexity index is 400. The van der Waals surface area contributed by atoms with Crippen molar-refractivity contribution in [2.24, 2.45) is 13.0 Å². The highest BCUT2D eigenvalue weighted by Crippen LogP contribution is 2.42. The summed E-state index contributed by atoms with van der Waals surface area (Å²) >= 11 is 0. The molecule has 3 heterocycles. The van der Waals surface area contributed by atoms with Gasteiger partial charge in [0.1, 0.15) is 0 Å². The van der Waals surface area contributed by atoms with E-state index in [2.05, 4.69) is 35.6 Å². The average Bonchev–Trinajstić information content (AvgIpc) is 2.83. The fourth-order valence-electron chi connectivity index (χ4n) is 4.00. The standard InChI is InChI=1S/C14H24N4/c1-15-14(11-8-16-17(2)9-11)10-6-12-4-5-13(7-10)18(12)3/h8-10,12-15H,4-7H2,1-3H3. The van der Waals surface area contributed by atoms with E-state index in [1.807, 2.05) is 17.9 Å². The summed E-state index contributed by atoms with van der Waals surface area (Å²) in [5.41, 5.74) is 1.34. The summed E-state index contributed by atoms with van der Waals surface area (Å²) in [5, 5.41) is 7.83. The van der Waals surface area contributed by atoms with Gasteiger partial charge in [-0.2, -0.15) is 5.10 Å². The molecule has 2 fully saturated rings. The van der Waals surface area contributed by atoms with Crippen LogP contribution in [0.3, 0.4) is 0 Å². The molecule has 0 spiro atoms. The first-order valence-electron chi connectivity index (χ1n) is 7.06. The van der Waals surface area contributed by atoms with Gasteiger partial charge in [0.15, 0.2) is 0 Å². The van der Waals surface area contributed by atoms with E-state index in [0.29, 0.717) is 6.04 Å². The van der Waals surface area contributed by atoms with Crippen molar-refractivity contribution in [3.8, 4) is 0 Å². The lowest BCUT2D eigenvalue weighted by atomic mass is 9.83. The Morgan fingerprint density at radius 2 is 1.94 bits per heavy atom. The molecule has 0 aromatic carbocycles. The second-order valence-corrected chi connectivity index (χ2v) is 6.00. The van der Waals surface area contributed by atoms with Crippen LogP contribution in [0.4, 0.5) is 0 Å². The lowest BCUT2D eigenvalue weighted by Crippen LogP contribution is -2.43. The van der Waals surface area contributed by atoms with Crippen molar-refractivity contribution in [2.75, 3.05) is 14.1 Å². The van der Waals surface area contributed by atoms with E-state index >= 15 is 0 Å². The van der Waals surface area contributed by atoms with Crippen LogP contribution >= 0.6 is 0 Å². The molecule has 0 aliphatic carbocycles. The van der Waals surface area contributed by atoms with Gasteiger partial charge in [-0.15, -0.1) is 0 Å². The van der Waals surface area contributed by atoms with Crippen molar-refractivity contribution in [3.05, 3.63) is 18.0 Å². The molecule has 2 aliphatic rings. The number of hydrogen-bond acceptors (Lipinski definition) is 3. The van der Waals surface area contributed by atoms with Gasteiger partial charge in [0.05, 0.1) is 6.20 Å². The third kappa shape index (κ3) is 1.97. The fraction of sp³-hybridized carbons (Fsp3) is 0.786. The lowest BCUT2D eigenvalue weighted by molar-refractivity contribution is 0.114. The van der Waals surface area contributed by atoms with Gasteiger partial charge in [0.25, 0.3) is 0 Å². The molecule has 4 nitrogen and oxygen atoms in total. The van der Waals surface area contributed by atoms with E-state index < -0.39 is 0 Å². The van der Waals surface area contributed by atoms with Gasteiger partial charge in [0.2, 0.25) is 0 Å². The fourth-order valence-corrected chi connectivity index (χ4v) is 4.00. The Hall–Kier alpha value is -0.870. The van der Waals surface area contributed by atoms with Gasteiger partial charge in [-0.05, 0) is 45.7 Å². The summed E-state index contributed by atoms with van der Waals surface area (Å²) in [6.45, 7) is 0. The van der Waals surface area contributed by atoms with Crippen LogP contribution in [0.25, 0.3) is 0 Å². The highest BCUT2D eigenvalue weighted by atomic mass is 15.2. The summed E-state index contributed by atoms with van der Waals surface area (Å²) < 4.78 is 1.91. The molecule has 0 amide bonds. The van der Waals surface area contributed by atoms with Crippen LogP contribution in [-0.2, 0) is 7.05 Å². The normalized spacial score (nSPS) is 33.8. The Kier molecular flexibility index (Phi) is 3.16. The quantitative estimate of drug-likeness (QED) is 0.881. The molecule has 0 saturated carbocycles. The van der Waals surface area contributed by atoms with E-state index in [9.17, 15) is 0 Å². The Morgan fingerprint density at radius 1 is 1.28 bits per heavy atom. The molecular formula is C14H24N4. The van der Waals surface area contributed by atoms with E-state index in [1.165, 1.54) is 31.2 Å². The van der Waals surface area contributed by atoms with Crippen molar-refractivity contribution in [1.29, 1.82) is 0 Å². The molecule has 100 valence electrons. The Labute approximate surface area is 109 Å². The maximum Gasteiger partial charge on any atom is 0.0537 e. The van der Waals surface area contributed by atoms with Crippen LogP contribution in [0.1, 0.15) is 37.3 Å². The third-order valence-electron chi connectivity index (χ3n) is 5.00. The van der Waals surface area contributed by atoms with Crippen molar-refractivity contribution in [3.63, 3.8) is 0 Å². The topological polar surface area (TPSA) is 33.1 Å². The average molecular weight is 248 g/mol. The summed E-state index contributed by atoms with van der Waals surface area (Å²) in [7, 11) is 6.38. The number of aromatic nitrogens is 2. The third-order valence-corrected chi connectivity index (χ3v) is 5.00. The van der Waals surface area contributed by atoms with Crippen LogP contribution in [-0.4, -0.2) is 40.9 Å². The predicted octanol–water partition coefficient (Wildman–Crippen LogP) is 1.55. The molecule has 1 aromatic rings. The van der Waals surface area contributed by atoms with Crippen LogP contribution < -0.4 is 5.32 Å². The molecule has 2 saturated heterocycles. The minimum absolute atomic E-state index is 0.468. The molecule has 18 heavy (non-hydrogen) atoms. The minimum atomic E-state index is 0.468. The highest BCUT2D eigenvalue weighted by molar-refractivity contribution is 5.13. The van der Waals surface area contributed by atoms with E-state index in [4.69, 9.17) is 0 Å². The molecule has 2 aliphatic heterocycles. The van der Waals surface area contributed by atoms with Crippen LogP contribution in [0.5, 0.6) is 0 Å². The zero-order valence-corrected chi connectivity index (χ0v) is 11.6. The SMILES string of the molecule is CNC(c1cnn(C)c1)C1CC2CCC(C1)N2C. The van der Waals surface area contributed by atoms with Gasteiger partial charge in [-0.1, -0.05) is 0 Å². The second-order valence-electron chi connectivity index (χ2n) is 6.00. The first kappa shape index (κ1) is 12.2. The van der Waals surface area contributed by atoms with Gasteiger partial charge in [0, 0.05) is 36.9 Å². The van der Waals surface area contributed by atoms with Gasteiger partial charge < -0.3 is 10.2 Å². The summed E-state index contributed by atoms with van der Waals surface area (Å²) in [6, 6.07) is 2.08. The molecule has 3 unspecified atom stereocenters. The molecule has 3 atom stereocenters. The molecular weight excluding hydrogens is 224 g/mol. The molecule has 1 aromatic heterocycles. The first-order chi connectivity index (χ1) is 8.69. The highest BCUT2D eigenvalue weighted by Gasteiger charge is 2.41. The van der Waals surface area contributed by atoms with Crippen LogP contribution in [0, 0.1) is 5.92 Å². The minimum Gasteiger partial charge on any atom is -0.313 e. The van der Waals surface area contributed by atoms with Crippen molar-refractivity contribution in [2.45, 2.75) is 43.8 Å². The smallest absolute Gasteiger partial charge is 0.0537 e. The molecule has 3 rings (SSSR count). The zero-order chi connectivity index (χ0) is 12.7. The van der Waals surface area contributed by atoms with Crippen LogP contribution in [0.2, 0.25) is 0 Å². The number of nitrogens with one attached hydrogen (secondary N) is 1. The number of fused-ring (bicyclic) bond motifs is 2. The van der Waals surface area contributed by atoms with Gasteiger partial charge >= 0.3 is 0 Å². The number of piperidine rings is 1. The Balaban J connectivity index is 1.77. The van der Waals surface area contributed by atoms with Crippen molar-refractivity contribution < 1.29 is 0 Å². The first-order valence-corrected chi connectivity index (χ1v) is 7.06. The number of rotatable bonds is 3. The van der Waals surface area contributed by atoms with Gasteiger partial charge in [-0.3, -0.25) is 4.68 Å². The van der Waals surface area contributed by atoms with E-state index in [0.717, 1.165) is 18.0 Å². The Morgan fingerprint density at radius 3 is 2.44 bits per heavy atom. The summed E-state index contributed by atoms with van der Waals surface area (Å²) in [4.78, 5) is 2.60. The number of nitrogens with zero attached hydrogens (tertiary/aromatic N) is 3. The number of aryl methyl sites for hydroxylation is 1. The zero-order valence-electron chi connectivity index (χ0n) is 11.6. The molecule has 0 radical (unpaired) electrons. The van der Waals surface area contributed by atoms with Gasteiger partial charge in [-0.25, -0.2) is 0 Å². The van der Waals surface area contributed by atoms with Crippen molar-refractivity contribution >= 4 is 0 Å². The predicted molar refractivity (Wildman–Crippen MR) is 72.3 cm³/mol. The largest absolute Gasteiger partial charge is 0.313 e. The summed E-state index contributed by atoms with van der Waals surface area (Å²) in [6.07, 6.45) is 9.60. The molecule has 1 N–H and O–H groups in total. The second kappa shape index (κ2) is 4.67. The van der Waals surface area contributed by atoms with E-state index in [1.54, 1.807) is 0 Å². The summed E-state index contributed by atoms with van der Waals surface area (Å²) in [5.74, 6) is 0.757.